The zero-order valence-corrected chi connectivity index (χ0v) is 15.7. The highest BCUT2D eigenvalue weighted by Gasteiger charge is 2.21. The van der Waals surface area contributed by atoms with Crippen LogP contribution in [-0.2, 0) is 0 Å². The number of nitrogens with one attached hydrogen (secondary N) is 1. The minimum atomic E-state index is -0.401. The Balaban J connectivity index is 1.65. The van der Waals surface area contributed by atoms with Crippen LogP contribution in [0.3, 0.4) is 0 Å². The van der Waals surface area contributed by atoms with E-state index in [4.69, 9.17) is 0 Å². The second-order valence-electron chi connectivity index (χ2n) is 7.22. The van der Waals surface area contributed by atoms with E-state index in [0.717, 1.165) is 23.7 Å². The molecule has 1 aromatic heterocycles. The molecule has 1 saturated heterocycles. The van der Waals surface area contributed by atoms with Crippen molar-refractivity contribution in [2.45, 2.75) is 32.7 Å². The van der Waals surface area contributed by atoms with Crippen LogP contribution in [0.4, 0.5) is 4.39 Å². The molecule has 27 heavy (non-hydrogen) atoms. The van der Waals surface area contributed by atoms with Gasteiger partial charge in [-0.05, 0) is 69.1 Å². The maximum Gasteiger partial charge on any atom is 0.271 e. The number of nitrogens with zero attached hydrogens (tertiary/aromatic N) is 3. The third-order valence-electron chi connectivity index (χ3n) is 5.10. The summed E-state index contributed by atoms with van der Waals surface area (Å²) < 4.78 is 14.2. The highest BCUT2D eigenvalue weighted by Crippen LogP contribution is 2.17. The number of carbonyl (C=O) groups is 1. The smallest absolute Gasteiger partial charge is 0.271 e. The van der Waals surface area contributed by atoms with Gasteiger partial charge in [-0.25, -0.2) is 4.39 Å². The van der Waals surface area contributed by atoms with Gasteiger partial charge in [-0.3, -0.25) is 14.5 Å². The Morgan fingerprint density at radius 2 is 1.89 bits per heavy atom. The molecule has 1 aromatic carbocycles. The van der Waals surface area contributed by atoms with Crippen molar-refractivity contribution in [3.05, 3.63) is 58.3 Å². The number of hydrogen-bond donors (Lipinski definition) is 1. The van der Waals surface area contributed by atoms with Crippen LogP contribution in [-0.4, -0.2) is 46.3 Å². The SMILES string of the molecule is CC1CCN([C@H](C)CNC(=O)c2ccc(=O)n(-c3ccc(F)cc3)n2)CC1. The van der Waals surface area contributed by atoms with E-state index < -0.39 is 5.82 Å². The summed E-state index contributed by atoms with van der Waals surface area (Å²) >= 11 is 0. The summed E-state index contributed by atoms with van der Waals surface area (Å²) in [5.74, 6) is 0.0321. The van der Waals surface area contributed by atoms with Gasteiger partial charge in [-0.1, -0.05) is 6.92 Å². The second kappa shape index (κ2) is 8.43. The van der Waals surface area contributed by atoms with E-state index in [1.165, 1.54) is 49.2 Å². The molecule has 0 bridgehead atoms. The van der Waals surface area contributed by atoms with Gasteiger partial charge in [0.15, 0.2) is 0 Å². The molecule has 1 amide bonds. The molecule has 1 N–H and O–H groups in total. The Labute approximate surface area is 158 Å². The third kappa shape index (κ3) is 4.80. The van der Waals surface area contributed by atoms with E-state index in [-0.39, 0.29) is 23.2 Å². The van der Waals surface area contributed by atoms with E-state index in [0.29, 0.717) is 12.2 Å². The van der Waals surface area contributed by atoms with Crippen LogP contribution < -0.4 is 10.9 Å². The highest BCUT2D eigenvalue weighted by atomic mass is 19.1. The van der Waals surface area contributed by atoms with Gasteiger partial charge in [0, 0.05) is 18.7 Å². The lowest BCUT2D eigenvalue weighted by atomic mass is 9.98. The van der Waals surface area contributed by atoms with Crippen LogP contribution >= 0.6 is 0 Å². The van der Waals surface area contributed by atoms with Gasteiger partial charge >= 0.3 is 0 Å². The summed E-state index contributed by atoms with van der Waals surface area (Å²) in [7, 11) is 0. The molecule has 144 valence electrons. The van der Waals surface area contributed by atoms with Gasteiger partial charge in [-0.2, -0.15) is 9.78 Å². The van der Waals surface area contributed by atoms with Crippen LogP contribution in [0.2, 0.25) is 0 Å². The minimum absolute atomic E-state index is 0.151. The molecule has 0 radical (unpaired) electrons. The molecule has 1 atom stereocenters. The number of piperidine rings is 1. The van der Waals surface area contributed by atoms with E-state index in [1.807, 2.05) is 0 Å². The van der Waals surface area contributed by atoms with Gasteiger partial charge < -0.3 is 5.32 Å². The van der Waals surface area contributed by atoms with Crippen molar-refractivity contribution in [2.24, 2.45) is 5.92 Å². The number of amides is 1. The fourth-order valence-electron chi connectivity index (χ4n) is 3.23. The average Bonchev–Trinajstić information content (AvgIpc) is 2.67. The molecular formula is C20H25FN4O2. The number of likely N-dealkylation sites (tertiary alicyclic amines) is 1. The Bertz CT molecular complexity index is 842. The maximum absolute atomic E-state index is 13.1. The van der Waals surface area contributed by atoms with Crippen molar-refractivity contribution in [3.8, 4) is 5.69 Å². The number of rotatable bonds is 5. The van der Waals surface area contributed by atoms with Crippen molar-refractivity contribution in [1.29, 1.82) is 0 Å². The zero-order chi connectivity index (χ0) is 19.4. The lowest BCUT2D eigenvalue weighted by molar-refractivity contribution is 0.0915. The van der Waals surface area contributed by atoms with Gasteiger partial charge in [0.05, 0.1) is 5.69 Å². The molecule has 2 heterocycles. The molecule has 0 saturated carbocycles. The number of benzene rings is 1. The molecule has 1 aliphatic heterocycles. The third-order valence-corrected chi connectivity index (χ3v) is 5.10. The van der Waals surface area contributed by atoms with Gasteiger partial charge in [0.1, 0.15) is 11.5 Å². The predicted molar refractivity (Wildman–Crippen MR) is 102 cm³/mol. The van der Waals surface area contributed by atoms with E-state index in [9.17, 15) is 14.0 Å². The predicted octanol–water partition coefficient (Wildman–Crippen LogP) is 2.22. The largest absolute Gasteiger partial charge is 0.349 e. The van der Waals surface area contributed by atoms with Crippen LogP contribution in [0.25, 0.3) is 5.69 Å². The first kappa shape index (κ1) is 19.2. The van der Waals surface area contributed by atoms with Crippen LogP contribution in [0.15, 0.2) is 41.2 Å². The van der Waals surface area contributed by atoms with Crippen molar-refractivity contribution in [1.82, 2.24) is 20.0 Å². The molecule has 0 unspecified atom stereocenters. The lowest BCUT2D eigenvalue weighted by Gasteiger charge is -2.34. The Morgan fingerprint density at radius 1 is 1.22 bits per heavy atom. The first-order valence-corrected chi connectivity index (χ1v) is 9.32. The average molecular weight is 372 g/mol. The number of halogens is 1. The fraction of sp³-hybridized carbons (Fsp3) is 0.450. The van der Waals surface area contributed by atoms with Crippen LogP contribution in [0.5, 0.6) is 0 Å². The molecule has 0 aliphatic carbocycles. The Hall–Kier alpha value is -2.54. The van der Waals surface area contributed by atoms with Crippen molar-refractivity contribution < 1.29 is 9.18 Å². The number of hydrogen-bond acceptors (Lipinski definition) is 4. The summed E-state index contributed by atoms with van der Waals surface area (Å²) in [5.41, 5.74) is 0.180. The molecule has 0 spiro atoms. The Kier molecular flexibility index (Phi) is 6.01. The molecular weight excluding hydrogens is 347 g/mol. The van der Waals surface area contributed by atoms with E-state index >= 15 is 0 Å². The van der Waals surface area contributed by atoms with Crippen molar-refractivity contribution in [2.75, 3.05) is 19.6 Å². The number of aromatic nitrogens is 2. The molecule has 1 fully saturated rings. The summed E-state index contributed by atoms with van der Waals surface area (Å²) in [6, 6.07) is 8.33. The molecule has 2 aromatic rings. The van der Waals surface area contributed by atoms with Crippen molar-refractivity contribution >= 4 is 5.91 Å². The zero-order valence-electron chi connectivity index (χ0n) is 15.7. The van der Waals surface area contributed by atoms with E-state index in [1.54, 1.807) is 0 Å². The summed E-state index contributed by atoms with van der Waals surface area (Å²) in [6.07, 6.45) is 2.37. The molecule has 1 aliphatic rings. The van der Waals surface area contributed by atoms with Crippen LogP contribution in [0.1, 0.15) is 37.2 Å². The first-order valence-electron chi connectivity index (χ1n) is 9.32. The summed E-state index contributed by atoms with van der Waals surface area (Å²) in [4.78, 5) is 26.9. The fourth-order valence-corrected chi connectivity index (χ4v) is 3.23. The van der Waals surface area contributed by atoms with Crippen molar-refractivity contribution in [3.63, 3.8) is 0 Å². The number of carbonyl (C=O) groups excluding carboxylic acids is 1. The Morgan fingerprint density at radius 3 is 2.56 bits per heavy atom. The van der Waals surface area contributed by atoms with Crippen LogP contribution in [0, 0.1) is 11.7 Å². The van der Waals surface area contributed by atoms with Gasteiger partial charge in [-0.15, -0.1) is 0 Å². The van der Waals surface area contributed by atoms with Gasteiger partial charge in [0.25, 0.3) is 11.5 Å². The minimum Gasteiger partial charge on any atom is -0.349 e. The first-order chi connectivity index (χ1) is 12.9. The lowest BCUT2D eigenvalue weighted by Crippen LogP contribution is -2.45. The molecule has 6 nitrogen and oxygen atoms in total. The highest BCUT2D eigenvalue weighted by molar-refractivity contribution is 5.92. The summed E-state index contributed by atoms with van der Waals surface area (Å²) in [5, 5.41) is 7.02. The monoisotopic (exact) mass is 372 g/mol. The summed E-state index contributed by atoms with van der Waals surface area (Å²) in [6.45, 7) is 6.98. The normalized spacial score (nSPS) is 16.9. The standard InChI is InChI=1S/C20H25FN4O2/c1-14-9-11-24(12-10-14)15(2)13-22-20(27)18-7-8-19(26)25(23-18)17-5-3-16(21)4-6-17/h3-8,14-15H,9-13H2,1-2H3,(H,22,27)/t15-/m1/s1. The van der Waals surface area contributed by atoms with E-state index in [2.05, 4.69) is 29.2 Å². The molecule has 3 rings (SSSR count). The quantitative estimate of drug-likeness (QED) is 0.874. The molecule has 7 heteroatoms. The topological polar surface area (TPSA) is 67.2 Å². The second-order valence-corrected chi connectivity index (χ2v) is 7.22. The van der Waals surface area contributed by atoms with Gasteiger partial charge in [0.2, 0.25) is 0 Å². The maximum atomic E-state index is 13.1.